The quantitative estimate of drug-likeness (QED) is 0.637. The van der Waals surface area contributed by atoms with Crippen LogP contribution in [0.25, 0.3) is 11.3 Å². The van der Waals surface area contributed by atoms with Crippen molar-refractivity contribution in [3.63, 3.8) is 0 Å². The maximum absolute atomic E-state index is 9.40. The summed E-state index contributed by atoms with van der Waals surface area (Å²) in [6, 6.07) is 17.8. The van der Waals surface area contributed by atoms with E-state index in [0.717, 1.165) is 28.9 Å². The molecule has 26 heavy (non-hydrogen) atoms. The lowest BCUT2D eigenvalue weighted by Crippen LogP contribution is -2.31. The zero-order chi connectivity index (χ0) is 18.4. The van der Waals surface area contributed by atoms with Crippen molar-refractivity contribution in [2.75, 3.05) is 6.61 Å². The highest BCUT2D eigenvalue weighted by Gasteiger charge is 2.15. The molecule has 0 saturated heterocycles. The molecule has 0 spiro atoms. The molecule has 0 aliphatic heterocycles. The number of nitrogens with zero attached hydrogens (tertiary/aromatic N) is 3. The highest BCUT2D eigenvalue weighted by molar-refractivity contribution is 6.30. The summed E-state index contributed by atoms with van der Waals surface area (Å²) in [5.74, 6) is 0. The topological polar surface area (TPSA) is 63.0 Å². The van der Waals surface area contributed by atoms with Gasteiger partial charge in [-0.05, 0) is 24.1 Å². The van der Waals surface area contributed by atoms with Crippen molar-refractivity contribution in [1.82, 2.24) is 20.3 Å². The van der Waals surface area contributed by atoms with Crippen LogP contribution in [-0.4, -0.2) is 32.7 Å². The van der Waals surface area contributed by atoms with Crippen molar-refractivity contribution >= 4 is 11.6 Å². The average molecular weight is 371 g/mol. The molecule has 0 bridgehead atoms. The molecule has 3 aromatic rings. The summed E-state index contributed by atoms with van der Waals surface area (Å²) in [5.41, 5.74) is 3.85. The summed E-state index contributed by atoms with van der Waals surface area (Å²) in [6.45, 7) is 3.29. The fourth-order valence-corrected chi connectivity index (χ4v) is 2.85. The number of halogens is 1. The predicted octanol–water partition coefficient (Wildman–Crippen LogP) is 3.51. The number of aliphatic hydroxyl groups excluding tert-OH is 1. The van der Waals surface area contributed by atoms with Gasteiger partial charge in [0.15, 0.2) is 0 Å². The van der Waals surface area contributed by atoms with Gasteiger partial charge in [-0.15, -0.1) is 0 Å². The minimum Gasteiger partial charge on any atom is -0.395 e. The molecule has 0 radical (unpaired) electrons. The minimum atomic E-state index is 0.0556. The number of aromatic nitrogens is 3. The van der Waals surface area contributed by atoms with E-state index in [4.69, 9.17) is 16.7 Å². The van der Waals surface area contributed by atoms with E-state index in [1.807, 2.05) is 61.5 Å². The Kier molecular flexibility index (Phi) is 6.39. The van der Waals surface area contributed by atoms with Crippen LogP contribution in [0.1, 0.15) is 24.6 Å². The second kappa shape index (κ2) is 8.94. The smallest absolute Gasteiger partial charge is 0.117 e. The molecular formula is C20H23ClN4O. The predicted molar refractivity (Wildman–Crippen MR) is 104 cm³/mol. The van der Waals surface area contributed by atoms with Crippen molar-refractivity contribution in [1.29, 1.82) is 0 Å². The summed E-state index contributed by atoms with van der Waals surface area (Å²) in [4.78, 5) is 1.71. The molecule has 3 rings (SSSR count). The Morgan fingerprint density at radius 3 is 2.46 bits per heavy atom. The Bertz CT molecular complexity index is 814. The molecule has 0 fully saturated rings. The van der Waals surface area contributed by atoms with Gasteiger partial charge in [0, 0.05) is 23.2 Å². The molecule has 2 N–H and O–H groups in total. The van der Waals surface area contributed by atoms with Gasteiger partial charge in [-0.2, -0.15) is 15.0 Å². The summed E-state index contributed by atoms with van der Waals surface area (Å²) >= 11 is 5.96. The number of benzene rings is 2. The first kappa shape index (κ1) is 18.6. The summed E-state index contributed by atoms with van der Waals surface area (Å²) < 4.78 is 0. The maximum atomic E-state index is 9.40. The zero-order valence-electron chi connectivity index (χ0n) is 14.8. The molecular weight excluding hydrogens is 348 g/mol. The van der Waals surface area contributed by atoms with Crippen LogP contribution < -0.4 is 5.32 Å². The molecule has 0 unspecified atom stereocenters. The monoisotopic (exact) mass is 370 g/mol. The van der Waals surface area contributed by atoms with Crippen molar-refractivity contribution in [2.24, 2.45) is 0 Å². The second-order valence-corrected chi connectivity index (χ2v) is 6.62. The van der Waals surface area contributed by atoms with Gasteiger partial charge >= 0.3 is 0 Å². The number of aliphatic hydroxyl groups is 1. The van der Waals surface area contributed by atoms with E-state index in [0.29, 0.717) is 18.1 Å². The summed E-state index contributed by atoms with van der Waals surface area (Å²) in [6.07, 6.45) is 0.857. The van der Waals surface area contributed by atoms with Crippen molar-refractivity contribution in [2.45, 2.75) is 32.5 Å². The highest BCUT2D eigenvalue weighted by atomic mass is 35.5. The van der Waals surface area contributed by atoms with Gasteiger partial charge < -0.3 is 10.4 Å². The Hall–Kier alpha value is -2.21. The largest absolute Gasteiger partial charge is 0.395 e. The number of hydrogen-bond donors (Lipinski definition) is 2. The van der Waals surface area contributed by atoms with Crippen LogP contribution in [-0.2, 0) is 13.1 Å². The first-order chi connectivity index (χ1) is 12.7. The van der Waals surface area contributed by atoms with E-state index < -0.39 is 0 Å². The standard InChI is InChI=1S/C20H23ClN4O/c1-2-18(14-26)22-12-19-20(16-6-4-3-5-7-16)24-25(23-19)13-15-8-10-17(21)11-9-15/h3-11,18,22,26H,2,12-14H2,1H3/t18-/m1/s1. The number of nitrogens with one attached hydrogen (secondary N) is 1. The van der Waals surface area contributed by atoms with Crippen molar-refractivity contribution in [3.05, 3.63) is 70.9 Å². The molecule has 1 atom stereocenters. The third-order valence-electron chi connectivity index (χ3n) is 4.28. The van der Waals surface area contributed by atoms with E-state index in [1.54, 1.807) is 4.80 Å². The van der Waals surface area contributed by atoms with E-state index in [1.165, 1.54) is 0 Å². The third kappa shape index (κ3) is 4.69. The molecule has 5 nitrogen and oxygen atoms in total. The van der Waals surface area contributed by atoms with Crippen molar-refractivity contribution in [3.8, 4) is 11.3 Å². The lowest BCUT2D eigenvalue weighted by Gasteiger charge is -2.12. The number of rotatable bonds is 8. The SMILES string of the molecule is CC[C@H](CO)NCc1nn(Cc2ccc(Cl)cc2)nc1-c1ccccc1. The van der Waals surface area contributed by atoms with Crippen LogP contribution in [0, 0.1) is 0 Å². The lowest BCUT2D eigenvalue weighted by atomic mass is 10.1. The van der Waals surface area contributed by atoms with Gasteiger partial charge in [-0.3, -0.25) is 0 Å². The maximum Gasteiger partial charge on any atom is 0.117 e. The van der Waals surface area contributed by atoms with E-state index in [2.05, 4.69) is 10.4 Å². The fraction of sp³-hybridized carbons (Fsp3) is 0.300. The normalized spacial score (nSPS) is 12.3. The number of hydrogen-bond acceptors (Lipinski definition) is 4. The van der Waals surface area contributed by atoms with Crippen LogP contribution in [0.2, 0.25) is 5.02 Å². The molecule has 136 valence electrons. The molecule has 1 aromatic heterocycles. The Morgan fingerprint density at radius 1 is 1.08 bits per heavy atom. The molecule has 0 saturated carbocycles. The minimum absolute atomic E-state index is 0.0556. The van der Waals surface area contributed by atoms with Gasteiger partial charge in [0.2, 0.25) is 0 Å². The van der Waals surface area contributed by atoms with E-state index in [9.17, 15) is 5.11 Å². The highest BCUT2D eigenvalue weighted by Crippen LogP contribution is 2.20. The summed E-state index contributed by atoms with van der Waals surface area (Å²) in [5, 5.41) is 22.8. The van der Waals surface area contributed by atoms with Crippen LogP contribution in [0.3, 0.4) is 0 Å². The summed E-state index contributed by atoms with van der Waals surface area (Å²) in [7, 11) is 0. The average Bonchev–Trinajstić information content (AvgIpc) is 3.08. The Balaban J connectivity index is 1.85. The van der Waals surface area contributed by atoms with Crippen LogP contribution in [0.4, 0.5) is 0 Å². The first-order valence-corrected chi connectivity index (χ1v) is 9.15. The molecule has 2 aromatic carbocycles. The zero-order valence-corrected chi connectivity index (χ0v) is 15.5. The molecule has 0 aliphatic rings. The van der Waals surface area contributed by atoms with E-state index in [-0.39, 0.29) is 12.6 Å². The third-order valence-corrected chi connectivity index (χ3v) is 4.53. The van der Waals surface area contributed by atoms with Gasteiger partial charge in [0.1, 0.15) is 11.4 Å². The second-order valence-electron chi connectivity index (χ2n) is 6.19. The molecule has 1 heterocycles. The first-order valence-electron chi connectivity index (χ1n) is 8.77. The molecule has 0 aliphatic carbocycles. The van der Waals surface area contributed by atoms with Crippen LogP contribution >= 0.6 is 11.6 Å². The lowest BCUT2D eigenvalue weighted by molar-refractivity contribution is 0.238. The fourth-order valence-electron chi connectivity index (χ4n) is 2.72. The Labute approximate surface area is 158 Å². The molecule has 0 amide bonds. The van der Waals surface area contributed by atoms with Gasteiger partial charge in [-0.25, -0.2) is 0 Å². The van der Waals surface area contributed by atoms with Crippen molar-refractivity contribution < 1.29 is 5.11 Å². The van der Waals surface area contributed by atoms with Gasteiger partial charge in [0.05, 0.1) is 13.2 Å². The van der Waals surface area contributed by atoms with Crippen LogP contribution in [0.5, 0.6) is 0 Å². The Morgan fingerprint density at radius 2 is 1.81 bits per heavy atom. The van der Waals surface area contributed by atoms with Gasteiger partial charge in [0.25, 0.3) is 0 Å². The van der Waals surface area contributed by atoms with Gasteiger partial charge in [-0.1, -0.05) is 61.0 Å². The molecule has 6 heteroatoms. The van der Waals surface area contributed by atoms with E-state index >= 15 is 0 Å². The van der Waals surface area contributed by atoms with Crippen LogP contribution in [0.15, 0.2) is 54.6 Å².